The summed E-state index contributed by atoms with van der Waals surface area (Å²) in [5.74, 6) is -0.584. The van der Waals surface area contributed by atoms with Crippen molar-refractivity contribution in [2.75, 3.05) is 12.3 Å². The number of fused-ring (bicyclic) bond motifs is 1. The van der Waals surface area contributed by atoms with Gasteiger partial charge in [0.15, 0.2) is 0 Å². The van der Waals surface area contributed by atoms with Crippen LogP contribution in [0, 0.1) is 0 Å². The van der Waals surface area contributed by atoms with Gasteiger partial charge in [0, 0.05) is 12.8 Å². The van der Waals surface area contributed by atoms with E-state index in [0.29, 0.717) is 18.7 Å². The highest BCUT2D eigenvalue weighted by molar-refractivity contribution is 7.99. The van der Waals surface area contributed by atoms with Gasteiger partial charge in [-0.05, 0) is 12.1 Å². The van der Waals surface area contributed by atoms with Crippen molar-refractivity contribution in [3.8, 4) is 0 Å². The Morgan fingerprint density at radius 3 is 2.81 bits per heavy atom. The molecule has 11 heteroatoms. The quantitative estimate of drug-likeness (QED) is 0.611. The summed E-state index contributed by atoms with van der Waals surface area (Å²) >= 11 is 2.49. The van der Waals surface area contributed by atoms with Crippen molar-refractivity contribution in [1.29, 1.82) is 0 Å². The van der Waals surface area contributed by atoms with Gasteiger partial charge in [0.2, 0.25) is 11.8 Å². The van der Waals surface area contributed by atoms with E-state index >= 15 is 0 Å². The molecule has 0 radical (unpaired) electrons. The van der Waals surface area contributed by atoms with E-state index in [1.165, 1.54) is 0 Å². The Balaban J connectivity index is 1.46. The van der Waals surface area contributed by atoms with Gasteiger partial charge >= 0.3 is 6.18 Å². The number of carbonyl (C=O) groups excluding carboxylic acids is 1. The fourth-order valence-electron chi connectivity index (χ4n) is 2.02. The number of halogens is 3. The second-order valence-corrected chi connectivity index (χ2v) is 7.26. The average Bonchev–Trinajstić information content (AvgIpc) is 3.21. The molecule has 2 aromatic heterocycles. The molecule has 1 N–H and O–H groups in total. The van der Waals surface area contributed by atoms with Crippen LogP contribution < -0.4 is 5.32 Å². The molecule has 0 unspecified atom stereocenters. The van der Waals surface area contributed by atoms with E-state index in [1.54, 1.807) is 16.7 Å². The Morgan fingerprint density at radius 2 is 2.04 bits per heavy atom. The third-order valence-electron chi connectivity index (χ3n) is 3.15. The van der Waals surface area contributed by atoms with Gasteiger partial charge in [-0.15, -0.1) is 21.5 Å². The predicted octanol–water partition coefficient (Wildman–Crippen LogP) is 3.24. The van der Waals surface area contributed by atoms with Gasteiger partial charge in [-0.1, -0.05) is 23.9 Å². The van der Waals surface area contributed by atoms with E-state index < -0.39 is 18.6 Å². The topological polar surface area (TPSA) is 80.9 Å². The van der Waals surface area contributed by atoms with Crippen molar-refractivity contribution in [2.24, 2.45) is 0 Å². The van der Waals surface area contributed by atoms with Crippen LogP contribution in [-0.4, -0.2) is 39.6 Å². The number of thioether (sulfide) groups is 1. The van der Waals surface area contributed by atoms with E-state index in [2.05, 4.69) is 15.2 Å². The van der Waals surface area contributed by atoms with Crippen LogP contribution in [0.1, 0.15) is 10.9 Å². The van der Waals surface area contributed by atoms with E-state index in [0.717, 1.165) is 27.0 Å². The maximum atomic E-state index is 12.0. The maximum absolute atomic E-state index is 12.0. The highest BCUT2D eigenvalue weighted by atomic mass is 32.2. The minimum Gasteiger partial charge on any atom is -0.416 e. The molecule has 1 aromatic carbocycles. The normalized spacial score (nSPS) is 11.8. The number of para-hydroxylation sites is 1. The second kappa shape index (κ2) is 8.04. The molecule has 2 heterocycles. The van der Waals surface area contributed by atoms with Gasteiger partial charge in [0.05, 0.1) is 21.0 Å². The summed E-state index contributed by atoms with van der Waals surface area (Å²) in [7, 11) is 0. The number of thiazole rings is 1. The van der Waals surface area contributed by atoms with Crippen molar-refractivity contribution in [3.63, 3.8) is 0 Å². The van der Waals surface area contributed by atoms with E-state index in [9.17, 15) is 18.0 Å². The summed E-state index contributed by atoms with van der Waals surface area (Å²) in [5, 5.41) is 10.5. The summed E-state index contributed by atoms with van der Waals surface area (Å²) in [6.07, 6.45) is -3.30. The number of amides is 1. The summed E-state index contributed by atoms with van der Waals surface area (Å²) in [6, 6.07) is 7.83. The average molecular weight is 402 g/mol. The lowest BCUT2D eigenvalue weighted by Crippen LogP contribution is -2.34. The first-order chi connectivity index (χ1) is 12.4. The van der Waals surface area contributed by atoms with Crippen LogP contribution in [-0.2, 0) is 17.6 Å². The van der Waals surface area contributed by atoms with Crippen LogP contribution in [0.4, 0.5) is 13.2 Å². The third kappa shape index (κ3) is 5.43. The number of benzene rings is 1. The number of carbonyl (C=O) groups is 1. The lowest BCUT2D eigenvalue weighted by Gasteiger charge is -2.06. The van der Waals surface area contributed by atoms with Crippen LogP contribution in [0.2, 0.25) is 0 Å². The Bertz CT molecular complexity index is 861. The molecule has 0 aliphatic carbocycles. The van der Waals surface area contributed by atoms with Gasteiger partial charge < -0.3 is 9.73 Å². The zero-order chi connectivity index (χ0) is 18.6. The number of nitrogens with one attached hydrogen (secondary N) is 1. The molecule has 0 saturated carbocycles. The Labute approximate surface area is 154 Å². The largest absolute Gasteiger partial charge is 0.416 e. The molecule has 6 nitrogen and oxygen atoms in total. The molecule has 1 amide bonds. The number of hydrogen-bond acceptors (Lipinski definition) is 7. The minimum absolute atomic E-state index is 0.145. The van der Waals surface area contributed by atoms with Crippen LogP contribution in [0.5, 0.6) is 0 Å². The summed E-state index contributed by atoms with van der Waals surface area (Å²) in [6.45, 7) is -1.36. The molecular formula is C15H13F3N4O2S2. The first-order valence-electron chi connectivity index (χ1n) is 7.52. The summed E-state index contributed by atoms with van der Waals surface area (Å²) in [5.41, 5.74) is 0.944. The van der Waals surface area contributed by atoms with Gasteiger partial charge in [0.1, 0.15) is 6.54 Å². The lowest BCUT2D eigenvalue weighted by atomic mass is 10.3. The van der Waals surface area contributed by atoms with E-state index in [1.807, 2.05) is 24.3 Å². The van der Waals surface area contributed by atoms with Gasteiger partial charge in [-0.2, -0.15) is 13.2 Å². The SMILES string of the molecule is O=C(CSc1nnc(CCc2nc3ccccc3s2)o1)NCC(F)(F)F. The van der Waals surface area contributed by atoms with Gasteiger partial charge in [-0.25, -0.2) is 4.98 Å². The molecule has 3 aromatic rings. The number of aryl methyl sites for hydroxylation is 2. The number of rotatable bonds is 7. The number of nitrogens with zero attached hydrogens (tertiary/aromatic N) is 3. The zero-order valence-electron chi connectivity index (χ0n) is 13.2. The Morgan fingerprint density at radius 1 is 1.23 bits per heavy atom. The second-order valence-electron chi connectivity index (χ2n) is 5.22. The Kier molecular flexibility index (Phi) is 5.77. The van der Waals surface area contributed by atoms with Crippen LogP contribution in [0.15, 0.2) is 33.9 Å². The number of hydrogen-bond donors (Lipinski definition) is 1. The molecule has 0 saturated heterocycles. The first kappa shape index (κ1) is 18.6. The standard InChI is InChI=1S/C15H13F3N4O2S2/c16-15(17,18)8-19-11(23)7-25-14-22-21-12(24-14)5-6-13-20-9-3-1-2-4-10(9)26-13/h1-4H,5-8H2,(H,19,23). The van der Waals surface area contributed by atoms with E-state index in [-0.39, 0.29) is 11.0 Å². The summed E-state index contributed by atoms with van der Waals surface area (Å²) < 4.78 is 42.5. The first-order valence-corrected chi connectivity index (χ1v) is 9.32. The third-order valence-corrected chi connectivity index (χ3v) is 5.07. The molecule has 0 aliphatic rings. The highest BCUT2D eigenvalue weighted by Gasteiger charge is 2.27. The molecule has 0 aliphatic heterocycles. The molecule has 0 atom stereocenters. The van der Waals surface area contributed by atoms with Crippen molar-refractivity contribution in [1.82, 2.24) is 20.5 Å². The highest BCUT2D eigenvalue weighted by Crippen LogP contribution is 2.23. The molecular weight excluding hydrogens is 389 g/mol. The monoisotopic (exact) mass is 402 g/mol. The molecule has 0 bridgehead atoms. The van der Waals surface area contributed by atoms with Crippen LogP contribution >= 0.6 is 23.1 Å². The van der Waals surface area contributed by atoms with Gasteiger partial charge in [0.25, 0.3) is 5.22 Å². The molecule has 26 heavy (non-hydrogen) atoms. The maximum Gasteiger partial charge on any atom is 0.405 e. The minimum atomic E-state index is -4.43. The van der Waals surface area contributed by atoms with Crippen molar-refractivity contribution in [2.45, 2.75) is 24.2 Å². The lowest BCUT2D eigenvalue weighted by molar-refractivity contribution is -0.136. The molecule has 3 rings (SSSR count). The Hall–Kier alpha value is -2.14. The predicted molar refractivity (Wildman–Crippen MR) is 91.1 cm³/mol. The van der Waals surface area contributed by atoms with Gasteiger partial charge in [-0.3, -0.25) is 4.79 Å². The van der Waals surface area contributed by atoms with E-state index in [4.69, 9.17) is 4.42 Å². The molecule has 0 spiro atoms. The van der Waals surface area contributed by atoms with Crippen LogP contribution in [0.25, 0.3) is 10.2 Å². The smallest absolute Gasteiger partial charge is 0.405 e. The molecule has 138 valence electrons. The summed E-state index contributed by atoms with van der Waals surface area (Å²) in [4.78, 5) is 15.9. The van der Waals surface area contributed by atoms with Crippen molar-refractivity contribution >= 4 is 39.2 Å². The van der Waals surface area contributed by atoms with Crippen molar-refractivity contribution in [3.05, 3.63) is 35.2 Å². The van der Waals surface area contributed by atoms with Crippen molar-refractivity contribution < 1.29 is 22.4 Å². The fraction of sp³-hybridized carbons (Fsp3) is 0.333. The fourth-order valence-corrected chi connectivity index (χ4v) is 3.59. The number of aromatic nitrogens is 3. The molecule has 0 fully saturated rings. The zero-order valence-corrected chi connectivity index (χ0v) is 14.9. The van der Waals surface area contributed by atoms with Crippen LogP contribution in [0.3, 0.4) is 0 Å². The number of alkyl halides is 3.